The van der Waals surface area contributed by atoms with Crippen molar-refractivity contribution in [2.24, 2.45) is 0 Å². The van der Waals surface area contributed by atoms with E-state index in [2.05, 4.69) is 25.5 Å². The van der Waals surface area contributed by atoms with E-state index >= 15 is 0 Å². The molecule has 38 heavy (non-hydrogen) atoms. The quantitative estimate of drug-likeness (QED) is 0.235. The van der Waals surface area contributed by atoms with E-state index in [1.807, 2.05) is 11.9 Å². The SMILES string of the molecule is COC(=O)c1sccc1Nc1nc(Nc2ccc(CN3CCN(C)CC3)c(C(F)(F)F)c2)ncc1[N+](=O)[O-]. The number of rotatable bonds is 8. The summed E-state index contributed by atoms with van der Waals surface area (Å²) in [5, 5.41) is 18.5. The Morgan fingerprint density at radius 1 is 1.21 bits per heavy atom. The molecule has 2 N–H and O–H groups in total. The van der Waals surface area contributed by atoms with Crippen molar-refractivity contribution in [1.29, 1.82) is 0 Å². The summed E-state index contributed by atoms with van der Waals surface area (Å²) in [7, 11) is 3.17. The molecule has 1 fully saturated rings. The molecule has 0 unspecified atom stereocenters. The van der Waals surface area contributed by atoms with Crippen molar-refractivity contribution in [2.45, 2.75) is 12.7 Å². The summed E-state index contributed by atoms with van der Waals surface area (Å²) in [5.41, 5.74) is -0.849. The number of benzene rings is 1. The van der Waals surface area contributed by atoms with Gasteiger partial charge in [-0.2, -0.15) is 18.2 Å². The molecular weight excluding hydrogens is 527 g/mol. The van der Waals surface area contributed by atoms with Gasteiger partial charge in [-0.1, -0.05) is 6.07 Å². The number of halogens is 3. The minimum absolute atomic E-state index is 0.0602. The third kappa shape index (κ3) is 6.35. The van der Waals surface area contributed by atoms with Crippen LogP contribution in [0.2, 0.25) is 0 Å². The maximum atomic E-state index is 13.9. The van der Waals surface area contributed by atoms with Gasteiger partial charge in [0.2, 0.25) is 11.8 Å². The van der Waals surface area contributed by atoms with Crippen LogP contribution in [0.1, 0.15) is 20.8 Å². The van der Waals surface area contributed by atoms with E-state index in [0.29, 0.717) is 13.1 Å². The maximum absolute atomic E-state index is 13.9. The molecule has 4 rings (SSSR count). The molecule has 202 valence electrons. The summed E-state index contributed by atoms with van der Waals surface area (Å²) in [6.07, 6.45) is -3.67. The van der Waals surface area contributed by atoms with Gasteiger partial charge in [0.15, 0.2) is 0 Å². The van der Waals surface area contributed by atoms with Crippen LogP contribution in [0.3, 0.4) is 0 Å². The summed E-state index contributed by atoms with van der Waals surface area (Å²) < 4.78 is 46.5. The van der Waals surface area contributed by atoms with Crippen molar-refractivity contribution in [3.05, 3.63) is 62.0 Å². The first-order chi connectivity index (χ1) is 18.0. The van der Waals surface area contributed by atoms with E-state index in [-0.39, 0.29) is 40.1 Å². The number of nitrogens with zero attached hydrogens (tertiary/aromatic N) is 5. The van der Waals surface area contributed by atoms with Gasteiger partial charge >= 0.3 is 17.8 Å². The van der Waals surface area contributed by atoms with Gasteiger partial charge in [0.1, 0.15) is 11.1 Å². The molecule has 0 radical (unpaired) electrons. The minimum Gasteiger partial charge on any atom is -0.465 e. The second-order valence-electron chi connectivity index (χ2n) is 8.54. The molecule has 2 aromatic heterocycles. The Hall–Kier alpha value is -3.82. The number of anilines is 4. The summed E-state index contributed by atoms with van der Waals surface area (Å²) in [5.74, 6) is -1.07. The van der Waals surface area contributed by atoms with Crippen molar-refractivity contribution in [1.82, 2.24) is 19.8 Å². The number of hydrogen-bond acceptors (Lipinski definition) is 11. The molecule has 1 aliphatic rings. The highest BCUT2D eigenvalue weighted by Crippen LogP contribution is 2.36. The van der Waals surface area contributed by atoms with Gasteiger partial charge < -0.3 is 20.3 Å². The van der Waals surface area contributed by atoms with Gasteiger partial charge in [-0.3, -0.25) is 15.0 Å². The lowest BCUT2D eigenvalue weighted by atomic mass is 10.0. The zero-order valence-electron chi connectivity index (χ0n) is 20.4. The number of carbonyl (C=O) groups excluding carboxylic acids is 1. The van der Waals surface area contributed by atoms with E-state index in [0.717, 1.165) is 36.7 Å². The monoisotopic (exact) mass is 551 g/mol. The molecule has 0 aliphatic carbocycles. The van der Waals surface area contributed by atoms with Crippen LogP contribution in [0.4, 0.5) is 42.0 Å². The number of carbonyl (C=O) groups is 1. The second-order valence-corrected chi connectivity index (χ2v) is 9.45. The number of nitro groups is 1. The fraction of sp³-hybridized carbons (Fsp3) is 0.348. The molecule has 1 saturated heterocycles. The van der Waals surface area contributed by atoms with Gasteiger partial charge in [0.05, 0.1) is 23.3 Å². The number of hydrogen-bond donors (Lipinski definition) is 2. The number of aromatic nitrogens is 2. The lowest BCUT2D eigenvalue weighted by Gasteiger charge is -2.33. The van der Waals surface area contributed by atoms with E-state index in [4.69, 9.17) is 4.74 Å². The van der Waals surface area contributed by atoms with Crippen LogP contribution in [-0.4, -0.2) is 71.0 Å². The Labute approximate surface area is 219 Å². The fourth-order valence-electron chi connectivity index (χ4n) is 3.88. The number of methoxy groups -OCH3 is 1. The van der Waals surface area contributed by atoms with E-state index in [1.54, 1.807) is 5.38 Å². The van der Waals surface area contributed by atoms with Crippen LogP contribution in [0.15, 0.2) is 35.8 Å². The average Bonchev–Trinajstić information content (AvgIpc) is 3.33. The molecule has 15 heteroatoms. The maximum Gasteiger partial charge on any atom is 0.416 e. The Morgan fingerprint density at radius 3 is 2.61 bits per heavy atom. The number of thiophene rings is 1. The Kier molecular flexibility index (Phi) is 8.08. The lowest BCUT2D eigenvalue weighted by Crippen LogP contribution is -2.44. The van der Waals surface area contributed by atoms with Crippen LogP contribution < -0.4 is 10.6 Å². The van der Waals surface area contributed by atoms with Crippen LogP contribution in [0.25, 0.3) is 0 Å². The summed E-state index contributed by atoms with van der Waals surface area (Å²) in [6.45, 7) is 3.06. The minimum atomic E-state index is -4.59. The smallest absolute Gasteiger partial charge is 0.416 e. The standard InChI is InChI=1S/C23H24F3N7O4S/c1-31-6-8-32(9-7-31)13-14-3-4-15(11-16(14)23(24,25)26)28-22-27-12-18(33(35)36)20(30-22)29-17-5-10-38-19(17)21(34)37-2/h3-5,10-12H,6-9,13H2,1-2H3,(H2,27,28,29,30). The largest absolute Gasteiger partial charge is 0.465 e. The fourth-order valence-corrected chi connectivity index (χ4v) is 4.65. The molecular formula is C23H24F3N7O4S. The van der Waals surface area contributed by atoms with E-state index in [9.17, 15) is 28.1 Å². The Morgan fingerprint density at radius 2 is 1.95 bits per heavy atom. The predicted molar refractivity (Wildman–Crippen MR) is 135 cm³/mol. The average molecular weight is 552 g/mol. The number of likely N-dealkylation sites (N-methyl/N-ethyl adjacent to an activating group) is 1. The van der Waals surface area contributed by atoms with Crippen molar-refractivity contribution in [2.75, 3.05) is 51.0 Å². The summed E-state index contributed by atoms with van der Waals surface area (Å²) in [4.78, 5) is 35.0. The molecule has 3 heterocycles. The third-order valence-corrected chi connectivity index (χ3v) is 6.81. The van der Waals surface area contributed by atoms with Crippen LogP contribution in [0.5, 0.6) is 0 Å². The highest BCUT2D eigenvalue weighted by molar-refractivity contribution is 7.12. The van der Waals surface area contributed by atoms with Crippen molar-refractivity contribution in [3.63, 3.8) is 0 Å². The Balaban J connectivity index is 1.60. The molecule has 0 atom stereocenters. The zero-order valence-corrected chi connectivity index (χ0v) is 21.2. The van der Waals surface area contributed by atoms with Crippen molar-refractivity contribution in [3.8, 4) is 0 Å². The molecule has 11 nitrogen and oxygen atoms in total. The molecule has 0 spiro atoms. The Bertz CT molecular complexity index is 1330. The third-order valence-electron chi connectivity index (χ3n) is 5.92. The molecule has 1 aromatic carbocycles. The predicted octanol–water partition coefficient (Wildman–Crippen LogP) is 4.49. The number of alkyl halides is 3. The van der Waals surface area contributed by atoms with Crippen LogP contribution in [-0.2, 0) is 17.5 Å². The number of ether oxygens (including phenoxy) is 1. The highest BCUT2D eigenvalue weighted by Gasteiger charge is 2.34. The number of nitrogens with one attached hydrogen (secondary N) is 2. The molecule has 0 amide bonds. The summed E-state index contributed by atoms with van der Waals surface area (Å²) in [6, 6.07) is 5.37. The van der Waals surface area contributed by atoms with Gasteiger partial charge in [-0.15, -0.1) is 11.3 Å². The van der Waals surface area contributed by atoms with Gasteiger partial charge in [0.25, 0.3) is 0 Å². The number of esters is 1. The van der Waals surface area contributed by atoms with Crippen LogP contribution >= 0.6 is 11.3 Å². The second kappa shape index (κ2) is 11.3. The normalized spacial score (nSPS) is 14.8. The first-order valence-corrected chi connectivity index (χ1v) is 12.3. The number of piperazine rings is 1. The first-order valence-electron chi connectivity index (χ1n) is 11.4. The topological polar surface area (TPSA) is 126 Å². The van der Waals surface area contributed by atoms with Crippen LogP contribution in [0, 0.1) is 10.1 Å². The van der Waals surface area contributed by atoms with Crippen molar-refractivity contribution >= 4 is 46.1 Å². The first kappa shape index (κ1) is 27.2. The lowest BCUT2D eigenvalue weighted by molar-refractivity contribution is -0.384. The zero-order chi connectivity index (χ0) is 27.4. The van der Waals surface area contributed by atoms with Gasteiger partial charge in [-0.05, 0) is 36.2 Å². The molecule has 0 saturated carbocycles. The van der Waals surface area contributed by atoms with Gasteiger partial charge in [0, 0.05) is 38.4 Å². The van der Waals surface area contributed by atoms with E-state index < -0.39 is 28.3 Å². The van der Waals surface area contributed by atoms with Gasteiger partial charge in [-0.25, -0.2) is 9.78 Å². The summed E-state index contributed by atoms with van der Waals surface area (Å²) >= 11 is 1.06. The molecule has 1 aliphatic heterocycles. The molecule has 3 aromatic rings. The van der Waals surface area contributed by atoms with E-state index in [1.165, 1.54) is 25.3 Å². The highest BCUT2D eigenvalue weighted by atomic mass is 32.1. The molecule has 0 bridgehead atoms. The van der Waals surface area contributed by atoms with Crippen molar-refractivity contribution < 1.29 is 27.6 Å².